The second kappa shape index (κ2) is 9.35. The van der Waals surface area contributed by atoms with Crippen molar-refractivity contribution in [2.75, 3.05) is 12.0 Å². The molecule has 4 heterocycles. The average Bonchev–Trinajstić information content (AvgIpc) is 3.23. The van der Waals surface area contributed by atoms with Gasteiger partial charge in [-0.25, -0.2) is 9.78 Å². The topological polar surface area (TPSA) is 127 Å². The van der Waals surface area contributed by atoms with Crippen molar-refractivity contribution in [1.29, 1.82) is 0 Å². The van der Waals surface area contributed by atoms with Gasteiger partial charge in [-0.1, -0.05) is 13.0 Å². The third kappa shape index (κ3) is 4.15. The van der Waals surface area contributed by atoms with Crippen molar-refractivity contribution in [3.8, 4) is 0 Å². The van der Waals surface area contributed by atoms with Gasteiger partial charge in [-0.05, 0) is 43.0 Å². The lowest BCUT2D eigenvalue weighted by Crippen LogP contribution is -2.32. The number of aryl methyl sites for hydroxylation is 1. The Morgan fingerprint density at radius 3 is 2.91 bits per heavy atom. The number of carbonyl (C=O) groups is 1. The molecular weight excluding hydrogens is 430 g/mol. The molecule has 0 saturated carbocycles. The Hall–Kier alpha value is -3.47. The molecule has 4 rings (SSSR count). The maximum absolute atomic E-state index is 13.1. The first-order valence-electron chi connectivity index (χ1n) is 10.3. The predicted molar refractivity (Wildman–Crippen MR) is 123 cm³/mol. The van der Waals surface area contributed by atoms with Crippen LogP contribution in [-0.4, -0.2) is 47.0 Å². The second-order valence-corrected chi connectivity index (χ2v) is 8.29. The van der Waals surface area contributed by atoms with Crippen LogP contribution < -0.4 is 16.6 Å². The highest BCUT2D eigenvalue weighted by Crippen LogP contribution is 2.19. The van der Waals surface area contributed by atoms with E-state index in [1.165, 1.54) is 16.8 Å². The number of hydrogen-bond donors (Lipinski definition) is 2. The molecule has 0 fully saturated rings. The molecule has 0 bridgehead atoms. The van der Waals surface area contributed by atoms with Gasteiger partial charge in [0.05, 0.1) is 17.0 Å². The predicted octanol–water partition coefficient (Wildman–Crippen LogP) is 1.76. The Balaban J connectivity index is 1.69. The Labute approximate surface area is 187 Å². The molecule has 11 heteroatoms. The molecule has 4 aromatic rings. The Morgan fingerprint density at radius 1 is 1.28 bits per heavy atom. The van der Waals surface area contributed by atoms with Crippen LogP contribution in [0, 0.1) is 0 Å². The van der Waals surface area contributed by atoms with Gasteiger partial charge in [0.15, 0.2) is 11.5 Å². The highest BCUT2D eigenvalue weighted by atomic mass is 32.2. The van der Waals surface area contributed by atoms with Crippen molar-refractivity contribution in [2.24, 2.45) is 0 Å². The fraction of sp³-hybridized carbons (Fsp3) is 0.333. The minimum absolute atomic E-state index is 0.194. The van der Waals surface area contributed by atoms with Gasteiger partial charge in [-0.15, -0.1) is 10.2 Å². The first kappa shape index (κ1) is 21.8. The van der Waals surface area contributed by atoms with Crippen molar-refractivity contribution >= 4 is 34.3 Å². The maximum Gasteiger partial charge on any atom is 0.329 e. The molecule has 1 amide bonds. The molecule has 0 spiro atoms. The van der Waals surface area contributed by atoms with E-state index >= 15 is 0 Å². The largest absolute Gasteiger partial charge is 0.342 e. The molecule has 0 aliphatic carbocycles. The summed E-state index contributed by atoms with van der Waals surface area (Å²) >= 11 is 1.67. The third-order valence-corrected chi connectivity index (χ3v) is 5.75. The molecule has 0 aromatic carbocycles. The van der Waals surface area contributed by atoms with Crippen LogP contribution in [0.1, 0.15) is 42.0 Å². The third-order valence-electron chi connectivity index (χ3n) is 5.11. The average molecular weight is 454 g/mol. The summed E-state index contributed by atoms with van der Waals surface area (Å²) in [5, 5.41) is 11.7. The number of hydrogen-bond acceptors (Lipinski definition) is 7. The SMILES string of the molecule is CCCn1c(=O)[nH]c(=O)c2cc(C(=O)NC(CCSC)c3nnc4ccccn34)cnc21. The lowest BCUT2D eigenvalue weighted by molar-refractivity contribution is 0.0933. The van der Waals surface area contributed by atoms with Gasteiger partial charge in [-0.2, -0.15) is 11.8 Å². The van der Waals surface area contributed by atoms with Crippen molar-refractivity contribution in [1.82, 2.24) is 34.4 Å². The van der Waals surface area contributed by atoms with E-state index in [-0.39, 0.29) is 28.5 Å². The molecule has 0 aliphatic rings. The molecule has 166 valence electrons. The number of carbonyl (C=O) groups excluding carboxylic acids is 1. The van der Waals surface area contributed by atoms with E-state index in [2.05, 4.69) is 25.5 Å². The van der Waals surface area contributed by atoms with Crippen LogP contribution in [0.25, 0.3) is 16.7 Å². The maximum atomic E-state index is 13.1. The van der Waals surface area contributed by atoms with E-state index in [4.69, 9.17) is 0 Å². The zero-order valence-corrected chi connectivity index (χ0v) is 18.6. The molecule has 0 radical (unpaired) electrons. The molecule has 32 heavy (non-hydrogen) atoms. The minimum atomic E-state index is -0.568. The van der Waals surface area contributed by atoms with E-state index in [9.17, 15) is 14.4 Å². The second-order valence-electron chi connectivity index (χ2n) is 7.30. The molecule has 10 nitrogen and oxygen atoms in total. The number of aromatic nitrogens is 6. The van der Waals surface area contributed by atoms with E-state index in [0.29, 0.717) is 30.9 Å². The molecular formula is C21H23N7O3S. The molecule has 0 aliphatic heterocycles. The summed E-state index contributed by atoms with van der Waals surface area (Å²) in [7, 11) is 0. The van der Waals surface area contributed by atoms with Crippen LogP contribution in [0.4, 0.5) is 0 Å². The first-order valence-corrected chi connectivity index (χ1v) is 11.6. The van der Waals surface area contributed by atoms with Gasteiger partial charge >= 0.3 is 5.69 Å². The summed E-state index contributed by atoms with van der Waals surface area (Å²) in [6.45, 7) is 2.34. The summed E-state index contributed by atoms with van der Waals surface area (Å²) < 4.78 is 3.25. The molecule has 1 atom stereocenters. The Morgan fingerprint density at radius 2 is 2.12 bits per heavy atom. The van der Waals surface area contributed by atoms with Gasteiger partial charge < -0.3 is 5.32 Å². The Bertz CT molecular complexity index is 1390. The zero-order valence-electron chi connectivity index (χ0n) is 17.7. The summed E-state index contributed by atoms with van der Waals surface area (Å²) in [4.78, 5) is 44.1. The normalized spacial score (nSPS) is 12.3. The van der Waals surface area contributed by atoms with Crippen LogP contribution in [0.15, 0.2) is 46.2 Å². The first-order chi connectivity index (χ1) is 15.5. The molecule has 1 unspecified atom stereocenters. The number of amides is 1. The van der Waals surface area contributed by atoms with Crippen molar-refractivity contribution in [2.45, 2.75) is 32.4 Å². The van der Waals surface area contributed by atoms with E-state index < -0.39 is 11.2 Å². The van der Waals surface area contributed by atoms with Gasteiger partial charge in [0, 0.05) is 18.9 Å². The van der Waals surface area contributed by atoms with E-state index in [1.807, 2.05) is 42.0 Å². The minimum Gasteiger partial charge on any atom is -0.342 e. The zero-order chi connectivity index (χ0) is 22.7. The molecule has 4 aromatic heterocycles. The van der Waals surface area contributed by atoms with Crippen LogP contribution in [0.5, 0.6) is 0 Å². The number of aromatic amines is 1. The van der Waals surface area contributed by atoms with Gasteiger partial charge in [0.1, 0.15) is 5.65 Å². The monoisotopic (exact) mass is 453 g/mol. The molecule has 2 N–H and O–H groups in total. The van der Waals surface area contributed by atoms with Crippen molar-refractivity contribution < 1.29 is 4.79 Å². The fourth-order valence-corrected chi connectivity index (χ4v) is 4.04. The van der Waals surface area contributed by atoms with Crippen LogP contribution in [0.2, 0.25) is 0 Å². The van der Waals surface area contributed by atoms with Gasteiger partial charge in [0.2, 0.25) is 0 Å². The summed E-state index contributed by atoms with van der Waals surface area (Å²) in [6.07, 6.45) is 6.59. The van der Waals surface area contributed by atoms with Crippen LogP contribution in [-0.2, 0) is 6.54 Å². The number of H-pyrrole nitrogens is 1. The Kier molecular flexibility index (Phi) is 6.35. The lowest BCUT2D eigenvalue weighted by atomic mass is 10.1. The van der Waals surface area contributed by atoms with Crippen LogP contribution >= 0.6 is 11.8 Å². The lowest BCUT2D eigenvalue weighted by Gasteiger charge is -2.17. The summed E-state index contributed by atoms with van der Waals surface area (Å²) in [6, 6.07) is 6.69. The quantitative estimate of drug-likeness (QED) is 0.416. The number of nitrogens with zero attached hydrogens (tertiary/aromatic N) is 5. The summed E-state index contributed by atoms with van der Waals surface area (Å²) in [5.41, 5.74) is 0.109. The summed E-state index contributed by atoms with van der Waals surface area (Å²) in [5.74, 6) is 1.06. The van der Waals surface area contributed by atoms with E-state index in [1.54, 1.807) is 11.8 Å². The van der Waals surface area contributed by atoms with Crippen molar-refractivity contribution in [3.63, 3.8) is 0 Å². The van der Waals surface area contributed by atoms with E-state index in [0.717, 1.165) is 5.75 Å². The highest BCUT2D eigenvalue weighted by molar-refractivity contribution is 7.98. The highest BCUT2D eigenvalue weighted by Gasteiger charge is 2.22. The number of fused-ring (bicyclic) bond motifs is 2. The number of rotatable bonds is 8. The molecule has 0 saturated heterocycles. The number of thioether (sulfide) groups is 1. The van der Waals surface area contributed by atoms with Gasteiger partial charge in [0.25, 0.3) is 11.5 Å². The number of nitrogens with one attached hydrogen (secondary N) is 2. The number of pyridine rings is 2. The van der Waals surface area contributed by atoms with Crippen LogP contribution in [0.3, 0.4) is 0 Å². The standard InChI is InChI=1S/C21H23N7O3S/c1-3-8-28-17-14(20(30)24-21(28)31)11-13(12-22-17)19(29)23-15(7-10-32-2)18-26-25-16-6-4-5-9-27(16)18/h4-6,9,11-12,15H,3,7-8,10H2,1-2H3,(H,23,29)(H,24,30,31). The smallest absolute Gasteiger partial charge is 0.329 e. The fourth-order valence-electron chi connectivity index (χ4n) is 3.56. The van der Waals surface area contributed by atoms with Crippen molar-refractivity contribution in [3.05, 3.63) is 68.9 Å². The van der Waals surface area contributed by atoms with Gasteiger partial charge in [-0.3, -0.25) is 23.5 Å².